The first-order valence-corrected chi connectivity index (χ1v) is 8.37. The van der Waals surface area contributed by atoms with Crippen LogP contribution in [0.5, 0.6) is 0 Å². The Morgan fingerprint density at radius 1 is 1.12 bits per heavy atom. The molecular weight excluding hydrogens is 373 g/mol. The van der Waals surface area contributed by atoms with Crippen molar-refractivity contribution in [3.05, 3.63) is 74.7 Å². The van der Waals surface area contributed by atoms with Gasteiger partial charge < -0.3 is 4.48 Å². The number of halogens is 3. The molecule has 0 unspecified atom stereocenters. The molecule has 2 heterocycles. The first-order chi connectivity index (χ1) is 11.4. The van der Waals surface area contributed by atoms with Crippen molar-refractivity contribution in [1.29, 1.82) is 0 Å². The summed E-state index contributed by atoms with van der Waals surface area (Å²) in [5.74, 6) is 0. The predicted molar refractivity (Wildman–Crippen MR) is 99.8 cm³/mol. The zero-order chi connectivity index (χ0) is 17.4. The summed E-state index contributed by atoms with van der Waals surface area (Å²) in [7, 11) is -2.62. The van der Waals surface area contributed by atoms with Crippen LogP contribution < -0.4 is 0 Å². The van der Waals surface area contributed by atoms with Gasteiger partial charge in [-0.05, 0) is 71.6 Å². The minimum absolute atomic E-state index is 0.450. The summed E-state index contributed by atoms with van der Waals surface area (Å²) in [4.78, 5) is 4.37. The number of aromatic nitrogens is 1. The van der Waals surface area contributed by atoms with Gasteiger partial charge in [0.1, 0.15) is 0 Å². The number of allylic oxidation sites excluding steroid dienone is 2. The lowest BCUT2D eigenvalue weighted by atomic mass is 9.90. The van der Waals surface area contributed by atoms with E-state index < -0.39 is 7.40 Å². The van der Waals surface area contributed by atoms with Crippen molar-refractivity contribution in [2.75, 3.05) is 0 Å². The van der Waals surface area contributed by atoms with Crippen molar-refractivity contribution >= 4 is 35.1 Å². The molecule has 0 saturated carbocycles. The number of benzene rings is 1. The van der Waals surface area contributed by atoms with Crippen LogP contribution in [0, 0.1) is 20.8 Å². The van der Waals surface area contributed by atoms with E-state index in [-0.39, 0.29) is 0 Å². The second kappa shape index (κ2) is 6.51. The van der Waals surface area contributed by atoms with Gasteiger partial charge in [0.25, 0.3) is 0 Å². The topological polar surface area (TPSA) is 17.3 Å². The van der Waals surface area contributed by atoms with Crippen LogP contribution in [0.3, 0.4) is 0 Å². The van der Waals surface area contributed by atoms with Crippen LogP contribution >= 0.6 is 15.9 Å². The summed E-state index contributed by atoms with van der Waals surface area (Å²) in [5, 5.41) is 0. The Balaban J connectivity index is 2.35. The first kappa shape index (κ1) is 16.9. The van der Waals surface area contributed by atoms with Gasteiger partial charge in [-0.15, -0.1) is 0 Å². The smallest absolute Gasteiger partial charge is 0.331 e. The summed E-state index contributed by atoms with van der Waals surface area (Å²) in [5.41, 5.74) is 6.05. The van der Waals surface area contributed by atoms with E-state index in [1.54, 1.807) is 12.3 Å². The molecule has 0 saturated heterocycles. The number of hydrogen-bond acceptors (Lipinski definition) is 1. The van der Waals surface area contributed by atoms with Crippen molar-refractivity contribution in [3.63, 3.8) is 0 Å². The maximum Gasteiger partial charge on any atom is 0.677 e. The lowest BCUT2D eigenvalue weighted by Gasteiger charge is -2.18. The molecule has 122 valence electrons. The molecule has 1 aromatic heterocycles. The highest BCUT2D eigenvalue weighted by atomic mass is 79.9. The summed E-state index contributed by atoms with van der Waals surface area (Å²) in [6.07, 6.45) is 6.75. The van der Waals surface area contributed by atoms with Crippen LogP contribution in [0.2, 0.25) is 0 Å². The fourth-order valence-electron chi connectivity index (χ4n) is 3.22. The first-order valence-electron chi connectivity index (χ1n) is 7.57. The van der Waals surface area contributed by atoms with Crippen LogP contribution in [0.25, 0.3) is 5.57 Å². The number of aliphatic imine (C=N–C) groups is 1. The molecule has 0 atom stereocenters. The van der Waals surface area contributed by atoms with Crippen molar-refractivity contribution in [2.45, 2.75) is 20.8 Å². The van der Waals surface area contributed by atoms with Crippen molar-refractivity contribution < 1.29 is 8.63 Å². The third-order valence-corrected chi connectivity index (χ3v) is 4.45. The fraction of sp³-hybridized carbons (Fsp3) is 0.167. The molecule has 3 rings (SSSR count). The summed E-state index contributed by atoms with van der Waals surface area (Å²) in [6.45, 7) is 6.04. The molecule has 1 aliphatic heterocycles. The third-order valence-electron chi connectivity index (χ3n) is 4.02. The van der Waals surface area contributed by atoms with Gasteiger partial charge in [-0.3, -0.25) is 13.6 Å². The minimum Gasteiger partial charge on any atom is -0.331 e. The Morgan fingerprint density at radius 3 is 2.33 bits per heavy atom. The van der Waals surface area contributed by atoms with Crippen LogP contribution in [0.1, 0.15) is 27.9 Å². The monoisotopic (exact) mass is 388 g/mol. The van der Waals surface area contributed by atoms with Gasteiger partial charge in [0.2, 0.25) is 0 Å². The Morgan fingerprint density at radius 2 is 1.79 bits per heavy atom. The van der Waals surface area contributed by atoms with Gasteiger partial charge in [0, 0.05) is 28.2 Å². The van der Waals surface area contributed by atoms with E-state index in [0.29, 0.717) is 15.9 Å². The molecule has 0 aliphatic carbocycles. The molecule has 1 aromatic carbocycles. The Kier molecular flexibility index (Phi) is 4.59. The maximum atomic E-state index is 13.5. The van der Waals surface area contributed by atoms with E-state index in [0.717, 1.165) is 32.3 Å². The molecule has 0 amide bonds. The molecule has 0 N–H and O–H groups in total. The largest absolute Gasteiger partial charge is 0.677 e. The molecule has 2 aromatic rings. The zero-order valence-electron chi connectivity index (χ0n) is 13.6. The average Bonchev–Trinajstić information content (AvgIpc) is 3.12. The van der Waals surface area contributed by atoms with Gasteiger partial charge in [0.15, 0.2) is 0 Å². The van der Waals surface area contributed by atoms with Gasteiger partial charge >= 0.3 is 7.40 Å². The van der Waals surface area contributed by atoms with Gasteiger partial charge in [-0.25, -0.2) is 0 Å². The Bertz CT molecular complexity index is 857. The van der Waals surface area contributed by atoms with Crippen molar-refractivity contribution in [3.8, 4) is 0 Å². The van der Waals surface area contributed by atoms with Gasteiger partial charge in [-0.2, -0.15) is 0 Å². The predicted octanol–water partition coefficient (Wildman–Crippen LogP) is 5.35. The lowest BCUT2D eigenvalue weighted by Crippen LogP contribution is -2.15. The van der Waals surface area contributed by atoms with Crippen LogP contribution in [0.4, 0.5) is 8.63 Å². The van der Waals surface area contributed by atoms with E-state index in [4.69, 9.17) is 0 Å². The third kappa shape index (κ3) is 3.03. The number of aryl methyl sites for hydroxylation is 3. The van der Waals surface area contributed by atoms with Crippen LogP contribution in [0.15, 0.2) is 51.7 Å². The van der Waals surface area contributed by atoms with Gasteiger partial charge in [-0.1, -0.05) is 17.7 Å². The van der Waals surface area contributed by atoms with E-state index >= 15 is 0 Å². The fourth-order valence-corrected chi connectivity index (χ4v) is 3.66. The highest BCUT2D eigenvalue weighted by molar-refractivity contribution is 9.10. The maximum absolute atomic E-state index is 13.5. The molecule has 0 bridgehead atoms. The van der Waals surface area contributed by atoms with E-state index in [2.05, 4.69) is 33.1 Å². The highest BCUT2D eigenvalue weighted by Crippen LogP contribution is 2.36. The molecule has 0 radical (unpaired) electrons. The van der Waals surface area contributed by atoms with E-state index in [1.807, 2.05) is 32.9 Å². The van der Waals surface area contributed by atoms with Crippen LogP contribution in [-0.2, 0) is 0 Å². The highest BCUT2D eigenvalue weighted by Gasteiger charge is 2.26. The SMILES string of the molecule is Cc1cc(C)c(/C(=C2/C=CC=N2)c2cc(Br)cn2B(F)F)c(C)c1. The van der Waals surface area contributed by atoms with Crippen molar-refractivity contribution in [2.24, 2.45) is 4.99 Å². The van der Waals surface area contributed by atoms with Crippen molar-refractivity contribution in [1.82, 2.24) is 4.48 Å². The summed E-state index contributed by atoms with van der Waals surface area (Å²) in [6, 6.07) is 5.85. The molecule has 24 heavy (non-hydrogen) atoms. The summed E-state index contributed by atoms with van der Waals surface area (Å²) >= 11 is 3.32. The second-order valence-corrected chi connectivity index (χ2v) is 6.82. The molecular formula is C18H16BBrF2N2. The molecule has 0 spiro atoms. The second-order valence-electron chi connectivity index (χ2n) is 5.90. The lowest BCUT2D eigenvalue weighted by molar-refractivity contribution is 0.628. The average molecular weight is 389 g/mol. The quantitative estimate of drug-likeness (QED) is 0.631. The van der Waals surface area contributed by atoms with Gasteiger partial charge in [0.05, 0.1) is 5.70 Å². The standard InChI is InChI=1S/C18H16BBrF2N2/c1-11-7-12(2)17(13(3)8-11)18(15-5-4-6-23-15)16-9-14(20)10-24(16)19(21)22/h4-10H,1-3H3/b18-15-. The Hall–Kier alpha value is -1.95. The molecule has 0 fully saturated rings. The Labute approximate surface area is 148 Å². The number of hydrogen-bond donors (Lipinski definition) is 0. The van der Waals surface area contributed by atoms with E-state index in [1.165, 1.54) is 6.20 Å². The van der Waals surface area contributed by atoms with E-state index in [9.17, 15) is 8.63 Å². The van der Waals surface area contributed by atoms with Crippen LogP contribution in [-0.4, -0.2) is 18.1 Å². The number of rotatable bonds is 3. The molecule has 6 heteroatoms. The summed E-state index contributed by atoms with van der Waals surface area (Å²) < 4.78 is 28.7. The molecule has 1 aliphatic rings. The zero-order valence-corrected chi connectivity index (χ0v) is 15.2. The number of nitrogens with zero attached hydrogens (tertiary/aromatic N) is 2. The normalized spacial score (nSPS) is 15.2. The molecule has 2 nitrogen and oxygen atoms in total. The minimum atomic E-state index is -2.62.